The third kappa shape index (κ3) is 6.69. The lowest BCUT2D eigenvalue weighted by atomic mass is 9.90. The van der Waals surface area contributed by atoms with Gasteiger partial charge in [0.2, 0.25) is 0 Å². The summed E-state index contributed by atoms with van der Waals surface area (Å²) in [6.07, 6.45) is 6.05. The average molecular weight is 441 g/mol. The van der Waals surface area contributed by atoms with Crippen LogP contribution in [0.3, 0.4) is 0 Å². The van der Waals surface area contributed by atoms with E-state index in [1.165, 1.54) is 23.8 Å². The minimum Gasteiger partial charge on any atom is -0.489 e. The largest absolute Gasteiger partial charge is 0.489 e. The highest BCUT2D eigenvalue weighted by Crippen LogP contribution is 2.26. The molecule has 0 radical (unpaired) electrons. The first-order chi connectivity index (χ1) is 15.2. The maximum absolute atomic E-state index is 11.4. The Bertz CT molecular complexity index is 972. The van der Waals surface area contributed by atoms with Gasteiger partial charge in [0.1, 0.15) is 12.4 Å². The summed E-state index contributed by atoms with van der Waals surface area (Å²) in [6, 6.07) is 11.9. The highest BCUT2D eigenvalue weighted by Gasteiger charge is 2.20. The molecule has 0 heterocycles. The van der Waals surface area contributed by atoms with Gasteiger partial charge in [-0.2, -0.15) is 0 Å². The molecule has 32 heavy (non-hydrogen) atoms. The molecule has 0 atom stereocenters. The van der Waals surface area contributed by atoms with E-state index >= 15 is 0 Å². The number of aromatic carboxylic acids is 2. The molecule has 0 fully saturated rings. The van der Waals surface area contributed by atoms with E-state index in [0.29, 0.717) is 5.75 Å². The number of ether oxygens (including phenoxy) is 1. The van der Waals surface area contributed by atoms with Crippen LogP contribution in [0.1, 0.15) is 84.7 Å². The van der Waals surface area contributed by atoms with Crippen molar-refractivity contribution in [2.75, 3.05) is 0 Å². The van der Waals surface area contributed by atoms with Gasteiger partial charge in [-0.25, -0.2) is 9.59 Å². The number of allylic oxidation sites excluding steroid dienone is 2. The molecule has 0 aliphatic heterocycles. The van der Waals surface area contributed by atoms with Gasteiger partial charge < -0.3 is 20.1 Å². The number of hydrogen-bond donors (Lipinski definition) is 3. The smallest absolute Gasteiger partial charge is 0.336 e. The van der Waals surface area contributed by atoms with Crippen molar-refractivity contribution in [2.45, 2.75) is 65.1 Å². The third-order valence-electron chi connectivity index (χ3n) is 5.85. The topological polar surface area (TPSA) is 104 Å². The van der Waals surface area contributed by atoms with Crippen molar-refractivity contribution in [3.05, 3.63) is 70.8 Å². The van der Waals surface area contributed by atoms with E-state index in [1.54, 1.807) is 0 Å². The summed E-state index contributed by atoms with van der Waals surface area (Å²) in [6.45, 7) is 6.33. The van der Waals surface area contributed by atoms with Crippen molar-refractivity contribution in [1.82, 2.24) is 0 Å². The Morgan fingerprint density at radius 3 is 2.25 bits per heavy atom. The van der Waals surface area contributed by atoms with Crippen LogP contribution in [-0.4, -0.2) is 32.9 Å². The normalized spacial score (nSPS) is 11.9. The number of carboxylic acid groups (broad SMARTS) is 2. The molecule has 0 amide bonds. The third-order valence-corrected chi connectivity index (χ3v) is 5.85. The van der Waals surface area contributed by atoms with Crippen molar-refractivity contribution >= 4 is 17.5 Å². The van der Waals surface area contributed by atoms with Crippen molar-refractivity contribution in [3.63, 3.8) is 0 Å². The van der Waals surface area contributed by atoms with Crippen molar-refractivity contribution in [2.24, 2.45) is 0 Å². The van der Waals surface area contributed by atoms with Gasteiger partial charge in [-0.15, -0.1) is 0 Å². The van der Waals surface area contributed by atoms with Crippen LogP contribution < -0.4 is 4.74 Å². The number of benzene rings is 2. The van der Waals surface area contributed by atoms with E-state index < -0.39 is 17.5 Å². The molecule has 0 saturated carbocycles. The highest BCUT2D eigenvalue weighted by molar-refractivity contribution is 6.02. The molecule has 2 aromatic carbocycles. The maximum atomic E-state index is 11.4. The second-order valence-corrected chi connectivity index (χ2v) is 7.86. The van der Waals surface area contributed by atoms with Crippen molar-refractivity contribution < 1.29 is 29.6 Å². The van der Waals surface area contributed by atoms with Crippen molar-refractivity contribution in [3.8, 4) is 5.75 Å². The predicted molar refractivity (Wildman–Crippen MR) is 124 cm³/mol. The summed E-state index contributed by atoms with van der Waals surface area (Å²) in [5.41, 5.74) is 2.00. The Balaban J connectivity index is 2.12. The van der Waals surface area contributed by atoms with Gasteiger partial charge in [0.15, 0.2) is 0 Å². The van der Waals surface area contributed by atoms with Crippen LogP contribution in [0.5, 0.6) is 5.75 Å². The fourth-order valence-electron chi connectivity index (χ4n) is 3.59. The number of hydrogen-bond acceptors (Lipinski definition) is 4. The van der Waals surface area contributed by atoms with E-state index in [4.69, 9.17) is 9.84 Å². The second-order valence-electron chi connectivity index (χ2n) is 7.86. The lowest BCUT2D eigenvalue weighted by Crippen LogP contribution is -2.25. The standard InChI is InChI=1S/C26H32O6/c1-4-19(11-8-14-26(31,5-2)6-3)20-10-7-9-18(15-20)17-32-21-12-13-22(24(27)28)23(16-21)25(29)30/h7,9-13,15-16,31H,4-6,8,14,17H2,1-3H3,(H,27,28)(H,29,30)/b19-11+. The van der Waals surface area contributed by atoms with Crippen LogP contribution in [0.25, 0.3) is 5.57 Å². The van der Waals surface area contributed by atoms with Gasteiger partial charge in [-0.1, -0.05) is 45.0 Å². The summed E-state index contributed by atoms with van der Waals surface area (Å²) in [5.74, 6) is -2.31. The summed E-state index contributed by atoms with van der Waals surface area (Å²) < 4.78 is 5.73. The lowest BCUT2D eigenvalue weighted by molar-refractivity contribution is 0.0246. The monoisotopic (exact) mass is 440 g/mol. The van der Waals surface area contributed by atoms with Gasteiger partial charge in [-0.3, -0.25) is 0 Å². The maximum Gasteiger partial charge on any atom is 0.336 e. The fraction of sp³-hybridized carbons (Fsp3) is 0.385. The van der Waals surface area contributed by atoms with E-state index in [9.17, 15) is 19.8 Å². The van der Waals surface area contributed by atoms with Crippen molar-refractivity contribution in [1.29, 1.82) is 0 Å². The zero-order valence-corrected chi connectivity index (χ0v) is 18.9. The molecule has 6 nitrogen and oxygen atoms in total. The summed E-state index contributed by atoms with van der Waals surface area (Å²) in [4.78, 5) is 22.5. The molecule has 6 heteroatoms. The molecule has 0 unspecified atom stereocenters. The average Bonchev–Trinajstić information content (AvgIpc) is 2.80. The van der Waals surface area contributed by atoms with Gasteiger partial charge in [0.25, 0.3) is 0 Å². The van der Waals surface area contributed by atoms with Crippen LogP contribution in [0.4, 0.5) is 0 Å². The van der Waals surface area contributed by atoms with Crippen LogP contribution in [0.2, 0.25) is 0 Å². The minimum absolute atomic E-state index is 0.224. The molecule has 0 spiro atoms. The van der Waals surface area contributed by atoms with Crippen LogP contribution >= 0.6 is 0 Å². The van der Waals surface area contributed by atoms with E-state index in [1.807, 2.05) is 38.1 Å². The summed E-state index contributed by atoms with van der Waals surface area (Å²) >= 11 is 0. The molecule has 0 bridgehead atoms. The van der Waals surface area contributed by atoms with Gasteiger partial charge >= 0.3 is 11.9 Å². The molecule has 0 aliphatic carbocycles. The molecule has 172 valence electrons. The molecular formula is C26H32O6. The zero-order valence-electron chi connectivity index (χ0n) is 18.9. The Kier molecular flexibility index (Phi) is 9.02. The van der Waals surface area contributed by atoms with E-state index in [-0.39, 0.29) is 17.7 Å². The first-order valence-electron chi connectivity index (χ1n) is 11.0. The Morgan fingerprint density at radius 2 is 1.66 bits per heavy atom. The molecule has 3 N–H and O–H groups in total. The minimum atomic E-state index is -1.31. The second kappa shape index (κ2) is 11.5. The number of rotatable bonds is 12. The lowest BCUT2D eigenvalue weighted by Gasteiger charge is -2.24. The zero-order chi connectivity index (χ0) is 23.7. The fourth-order valence-corrected chi connectivity index (χ4v) is 3.59. The molecule has 0 aliphatic rings. The van der Waals surface area contributed by atoms with Gasteiger partial charge in [-0.05, 0) is 73.1 Å². The van der Waals surface area contributed by atoms with Gasteiger partial charge in [0.05, 0.1) is 16.7 Å². The number of carboxylic acids is 2. The summed E-state index contributed by atoms with van der Waals surface area (Å²) in [5, 5.41) is 28.9. The van der Waals surface area contributed by atoms with Gasteiger partial charge in [0, 0.05) is 0 Å². The molecule has 0 saturated heterocycles. The van der Waals surface area contributed by atoms with E-state index in [2.05, 4.69) is 13.0 Å². The highest BCUT2D eigenvalue weighted by atomic mass is 16.5. The first kappa shape index (κ1) is 25.1. The first-order valence-corrected chi connectivity index (χ1v) is 11.0. The summed E-state index contributed by atoms with van der Waals surface area (Å²) in [7, 11) is 0. The molecule has 2 rings (SSSR count). The molecule has 0 aromatic heterocycles. The number of carbonyl (C=O) groups is 2. The number of aliphatic hydroxyl groups is 1. The Labute approximate surface area is 189 Å². The predicted octanol–water partition coefficient (Wildman–Crippen LogP) is 5.79. The van der Waals surface area contributed by atoms with Crippen LogP contribution in [0, 0.1) is 0 Å². The van der Waals surface area contributed by atoms with Crippen LogP contribution in [0.15, 0.2) is 48.5 Å². The molecule has 2 aromatic rings. The SMILES string of the molecule is CC/C(=C\CCC(O)(CC)CC)c1cccc(COc2ccc(C(=O)O)c(C(=O)O)c2)c1. The van der Waals surface area contributed by atoms with Crippen LogP contribution in [-0.2, 0) is 6.61 Å². The Morgan fingerprint density at radius 1 is 0.969 bits per heavy atom. The quantitative estimate of drug-likeness (QED) is 0.386. The van der Waals surface area contributed by atoms with E-state index in [0.717, 1.165) is 43.2 Å². The Hall–Kier alpha value is -3.12. The molecular weight excluding hydrogens is 408 g/mol.